The summed E-state index contributed by atoms with van der Waals surface area (Å²) in [6.07, 6.45) is 4.08. The normalized spacial score (nSPS) is 22.8. The molecule has 0 aliphatic carbocycles. The van der Waals surface area contributed by atoms with Crippen LogP contribution in [-0.4, -0.2) is 28.9 Å². The zero-order chi connectivity index (χ0) is 14.8. The van der Waals surface area contributed by atoms with Gasteiger partial charge >= 0.3 is 0 Å². The average molecular weight is 284 g/mol. The first-order valence-corrected chi connectivity index (χ1v) is 7.69. The minimum absolute atomic E-state index is 0.366. The summed E-state index contributed by atoms with van der Waals surface area (Å²) in [5.74, 6) is 0.626. The SMILES string of the molecule is CC(C)C1CN(c2cnn(C)c2)C(c2ccccc2)CN1. The molecule has 1 saturated heterocycles. The van der Waals surface area contributed by atoms with Gasteiger partial charge < -0.3 is 10.2 Å². The molecule has 4 heteroatoms. The van der Waals surface area contributed by atoms with Crippen molar-refractivity contribution < 1.29 is 0 Å². The smallest absolute Gasteiger partial charge is 0.0758 e. The molecule has 2 unspecified atom stereocenters. The molecule has 2 heterocycles. The Hall–Kier alpha value is -1.81. The first-order valence-electron chi connectivity index (χ1n) is 7.69. The fraction of sp³-hybridized carbons (Fsp3) is 0.471. The molecule has 1 fully saturated rings. The van der Waals surface area contributed by atoms with E-state index in [4.69, 9.17) is 0 Å². The summed E-state index contributed by atoms with van der Waals surface area (Å²) < 4.78 is 1.88. The molecule has 0 amide bonds. The van der Waals surface area contributed by atoms with Gasteiger partial charge in [-0.05, 0) is 11.5 Å². The summed E-state index contributed by atoms with van der Waals surface area (Å²) in [5, 5.41) is 8.05. The van der Waals surface area contributed by atoms with Crippen LogP contribution in [0.15, 0.2) is 42.7 Å². The van der Waals surface area contributed by atoms with E-state index >= 15 is 0 Å². The summed E-state index contributed by atoms with van der Waals surface area (Å²) in [5.41, 5.74) is 2.56. The maximum atomic E-state index is 4.34. The van der Waals surface area contributed by atoms with Crippen molar-refractivity contribution in [3.8, 4) is 0 Å². The number of nitrogens with zero attached hydrogens (tertiary/aromatic N) is 3. The summed E-state index contributed by atoms with van der Waals surface area (Å²) in [6.45, 7) is 6.55. The molecule has 0 saturated carbocycles. The predicted octanol–water partition coefficient (Wildman–Crippen LogP) is 2.60. The maximum absolute atomic E-state index is 4.34. The molecule has 4 nitrogen and oxygen atoms in total. The first-order chi connectivity index (χ1) is 10.1. The van der Waals surface area contributed by atoms with Gasteiger partial charge in [-0.1, -0.05) is 44.2 Å². The number of piperazine rings is 1. The lowest BCUT2D eigenvalue weighted by atomic mass is 9.95. The van der Waals surface area contributed by atoms with Gasteiger partial charge in [-0.3, -0.25) is 4.68 Å². The van der Waals surface area contributed by atoms with Crippen LogP contribution in [0.2, 0.25) is 0 Å². The van der Waals surface area contributed by atoms with Gasteiger partial charge in [0.2, 0.25) is 0 Å². The van der Waals surface area contributed by atoms with E-state index in [-0.39, 0.29) is 0 Å². The van der Waals surface area contributed by atoms with Crippen molar-refractivity contribution in [2.24, 2.45) is 13.0 Å². The third kappa shape index (κ3) is 2.95. The monoisotopic (exact) mass is 284 g/mol. The topological polar surface area (TPSA) is 33.1 Å². The Labute approximate surface area is 126 Å². The lowest BCUT2D eigenvalue weighted by molar-refractivity contribution is 0.331. The van der Waals surface area contributed by atoms with E-state index in [0.717, 1.165) is 13.1 Å². The Morgan fingerprint density at radius 3 is 2.62 bits per heavy atom. The van der Waals surface area contributed by atoms with Crippen LogP contribution in [0.1, 0.15) is 25.5 Å². The largest absolute Gasteiger partial charge is 0.359 e. The summed E-state index contributed by atoms with van der Waals surface area (Å²) in [4.78, 5) is 2.49. The lowest BCUT2D eigenvalue weighted by Crippen LogP contribution is -2.54. The van der Waals surface area contributed by atoms with Gasteiger partial charge in [0, 0.05) is 32.4 Å². The predicted molar refractivity (Wildman–Crippen MR) is 86.4 cm³/mol. The van der Waals surface area contributed by atoms with E-state index in [1.165, 1.54) is 11.3 Å². The van der Waals surface area contributed by atoms with Crippen molar-refractivity contribution >= 4 is 5.69 Å². The summed E-state index contributed by atoms with van der Waals surface area (Å²) in [7, 11) is 1.98. The number of anilines is 1. The fourth-order valence-corrected chi connectivity index (χ4v) is 3.04. The minimum atomic E-state index is 0.366. The highest BCUT2D eigenvalue weighted by molar-refractivity contribution is 5.47. The highest BCUT2D eigenvalue weighted by Gasteiger charge is 2.30. The van der Waals surface area contributed by atoms with Crippen molar-refractivity contribution in [1.29, 1.82) is 0 Å². The highest BCUT2D eigenvalue weighted by atomic mass is 15.3. The Kier molecular flexibility index (Phi) is 3.97. The number of hydrogen-bond donors (Lipinski definition) is 1. The van der Waals surface area contributed by atoms with Gasteiger partial charge in [0.1, 0.15) is 0 Å². The van der Waals surface area contributed by atoms with E-state index in [0.29, 0.717) is 18.0 Å². The number of rotatable bonds is 3. The van der Waals surface area contributed by atoms with E-state index < -0.39 is 0 Å². The van der Waals surface area contributed by atoms with Crippen LogP contribution in [0.4, 0.5) is 5.69 Å². The van der Waals surface area contributed by atoms with Crippen molar-refractivity contribution in [2.45, 2.75) is 25.9 Å². The molecule has 1 aromatic heterocycles. The van der Waals surface area contributed by atoms with Crippen LogP contribution < -0.4 is 10.2 Å². The van der Waals surface area contributed by atoms with Crippen LogP contribution in [-0.2, 0) is 7.05 Å². The highest BCUT2D eigenvalue weighted by Crippen LogP contribution is 2.30. The maximum Gasteiger partial charge on any atom is 0.0758 e. The Morgan fingerprint density at radius 2 is 2.00 bits per heavy atom. The summed E-state index contributed by atoms with van der Waals surface area (Å²) >= 11 is 0. The van der Waals surface area contributed by atoms with Gasteiger partial charge in [-0.25, -0.2) is 0 Å². The fourth-order valence-electron chi connectivity index (χ4n) is 3.04. The second-order valence-electron chi connectivity index (χ2n) is 6.21. The molecule has 2 atom stereocenters. The van der Waals surface area contributed by atoms with Gasteiger partial charge in [0.05, 0.1) is 17.9 Å². The van der Waals surface area contributed by atoms with Crippen LogP contribution in [0.25, 0.3) is 0 Å². The molecule has 0 bridgehead atoms. The van der Waals surface area contributed by atoms with Gasteiger partial charge in [0.25, 0.3) is 0 Å². The molecule has 3 rings (SSSR count). The van der Waals surface area contributed by atoms with E-state index in [2.05, 4.69) is 65.7 Å². The lowest BCUT2D eigenvalue weighted by Gasteiger charge is -2.43. The first kappa shape index (κ1) is 14.1. The Bertz CT molecular complexity index is 575. The second kappa shape index (κ2) is 5.90. The quantitative estimate of drug-likeness (QED) is 0.940. The molecule has 1 aliphatic heterocycles. The Morgan fingerprint density at radius 1 is 1.24 bits per heavy atom. The molecule has 0 radical (unpaired) electrons. The molecule has 0 spiro atoms. The van der Waals surface area contributed by atoms with E-state index in [1.54, 1.807) is 0 Å². The number of nitrogens with one attached hydrogen (secondary N) is 1. The molecule has 2 aromatic rings. The molecule has 1 aromatic carbocycles. The standard InChI is InChI=1S/C17H24N4/c1-13(2)16-12-21(15-9-19-20(3)11-15)17(10-18-16)14-7-5-4-6-8-14/h4-9,11,13,16-18H,10,12H2,1-3H3. The van der Waals surface area contributed by atoms with Crippen LogP contribution >= 0.6 is 0 Å². The van der Waals surface area contributed by atoms with Crippen molar-refractivity contribution in [3.63, 3.8) is 0 Å². The minimum Gasteiger partial charge on any atom is -0.359 e. The number of benzene rings is 1. The molecular weight excluding hydrogens is 260 g/mol. The van der Waals surface area contributed by atoms with E-state index in [1.807, 2.05) is 17.9 Å². The van der Waals surface area contributed by atoms with Crippen LogP contribution in [0, 0.1) is 5.92 Å². The van der Waals surface area contributed by atoms with E-state index in [9.17, 15) is 0 Å². The van der Waals surface area contributed by atoms with Gasteiger partial charge in [-0.2, -0.15) is 5.10 Å². The molecule has 1 N–H and O–H groups in total. The molecule has 1 aliphatic rings. The number of aromatic nitrogens is 2. The third-order valence-electron chi connectivity index (χ3n) is 4.35. The second-order valence-corrected chi connectivity index (χ2v) is 6.21. The van der Waals surface area contributed by atoms with Gasteiger partial charge in [-0.15, -0.1) is 0 Å². The number of aryl methyl sites for hydroxylation is 1. The third-order valence-corrected chi connectivity index (χ3v) is 4.35. The number of hydrogen-bond acceptors (Lipinski definition) is 3. The van der Waals surface area contributed by atoms with Crippen LogP contribution in [0.5, 0.6) is 0 Å². The van der Waals surface area contributed by atoms with Gasteiger partial charge in [0.15, 0.2) is 0 Å². The van der Waals surface area contributed by atoms with Crippen LogP contribution in [0.3, 0.4) is 0 Å². The summed E-state index contributed by atoms with van der Waals surface area (Å²) in [6, 6.07) is 11.6. The zero-order valence-corrected chi connectivity index (χ0v) is 13.0. The Balaban J connectivity index is 1.91. The van der Waals surface area contributed by atoms with Crippen molar-refractivity contribution in [3.05, 3.63) is 48.3 Å². The molecular formula is C17H24N4. The average Bonchev–Trinajstić information content (AvgIpc) is 2.94. The van der Waals surface area contributed by atoms with Crippen molar-refractivity contribution in [2.75, 3.05) is 18.0 Å². The molecule has 21 heavy (non-hydrogen) atoms. The molecule has 112 valence electrons. The zero-order valence-electron chi connectivity index (χ0n) is 13.0. The van der Waals surface area contributed by atoms with Crippen molar-refractivity contribution in [1.82, 2.24) is 15.1 Å².